The number of aromatic amines is 1. The van der Waals surface area contributed by atoms with E-state index >= 15 is 0 Å². The highest BCUT2D eigenvalue weighted by molar-refractivity contribution is 5.88. The number of benzene rings is 1. The molecule has 0 saturated heterocycles. The van der Waals surface area contributed by atoms with Crippen LogP contribution in [0.1, 0.15) is 18.9 Å². The molecule has 2 aromatic rings. The normalized spacial score (nSPS) is 12.6. The Hall–Kier alpha value is -1.81. The molecule has 0 saturated carbocycles. The maximum absolute atomic E-state index is 11.8. The van der Waals surface area contributed by atoms with Crippen molar-refractivity contribution in [2.45, 2.75) is 25.8 Å². The third-order valence-corrected chi connectivity index (χ3v) is 3.10. The van der Waals surface area contributed by atoms with Gasteiger partial charge in [0.2, 0.25) is 5.91 Å². The van der Waals surface area contributed by atoms with Crippen LogP contribution in [0, 0.1) is 0 Å². The van der Waals surface area contributed by atoms with Gasteiger partial charge in [0.05, 0.1) is 19.1 Å². The molecule has 1 aromatic carbocycles. The SMILES string of the molecule is CC[C@H](CO)NC(=O)Cc1c[nH]c2ccccc12. The van der Waals surface area contributed by atoms with Crippen molar-refractivity contribution < 1.29 is 9.90 Å². The molecule has 1 aromatic heterocycles. The quantitative estimate of drug-likeness (QED) is 0.750. The van der Waals surface area contributed by atoms with Crippen LogP contribution in [0.4, 0.5) is 0 Å². The van der Waals surface area contributed by atoms with Crippen molar-refractivity contribution >= 4 is 16.8 Å². The number of aromatic nitrogens is 1. The number of para-hydroxylation sites is 1. The van der Waals surface area contributed by atoms with Crippen LogP contribution in [0.25, 0.3) is 10.9 Å². The van der Waals surface area contributed by atoms with Crippen LogP contribution >= 0.6 is 0 Å². The first kappa shape index (κ1) is 12.6. The lowest BCUT2D eigenvalue weighted by atomic mass is 10.1. The van der Waals surface area contributed by atoms with E-state index in [0.29, 0.717) is 6.42 Å². The maximum Gasteiger partial charge on any atom is 0.224 e. The van der Waals surface area contributed by atoms with E-state index in [9.17, 15) is 4.79 Å². The van der Waals surface area contributed by atoms with Crippen molar-refractivity contribution in [1.29, 1.82) is 0 Å². The summed E-state index contributed by atoms with van der Waals surface area (Å²) in [5, 5.41) is 12.9. The van der Waals surface area contributed by atoms with E-state index in [2.05, 4.69) is 10.3 Å². The molecule has 0 radical (unpaired) electrons. The van der Waals surface area contributed by atoms with Crippen molar-refractivity contribution in [2.75, 3.05) is 6.61 Å². The highest BCUT2D eigenvalue weighted by atomic mass is 16.3. The molecule has 3 N–H and O–H groups in total. The average molecular weight is 246 g/mol. The summed E-state index contributed by atoms with van der Waals surface area (Å²) in [4.78, 5) is 15.0. The molecule has 0 aliphatic heterocycles. The van der Waals surface area contributed by atoms with E-state index in [1.807, 2.05) is 37.4 Å². The summed E-state index contributed by atoms with van der Waals surface area (Å²) in [6.45, 7) is 1.92. The Morgan fingerprint density at radius 2 is 2.22 bits per heavy atom. The number of rotatable bonds is 5. The second kappa shape index (κ2) is 5.69. The second-order valence-corrected chi connectivity index (χ2v) is 4.39. The van der Waals surface area contributed by atoms with Crippen LogP contribution in [0.3, 0.4) is 0 Å². The molecule has 1 heterocycles. The highest BCUT2D eigenvalue weighted by Crippen LogP contribution is 2.17. The second-order valence-electron chi connectivity index (χ2n) is 4.39. The number of nitrogens with one attached hydrogen (secondary N) is 2. The number of hydrogen-bond acceptors (Lipinski definition) is 2. The zero-order valence-corrected chi connectivity index (χ0v) is 10.4. The molecule has 0 unspecified atom stereocenters. The van der Waals surface area contributed by atoms with Gasteiger partial charge in [0, 0.05) is 17.1 Å². The van der Waals surface area contributed by atoms with Crippen molar-refractivity contribution in [2.24, 2.45) is 0 Å². The van der Waals surface area contributed by atoms with Gasteiger partial charge in [-0.05, 0) is 18.1 Å². The summed E-state index contributed by atoms with van der Waals surface area (Å²) in [5.74, 6) is -0.0550. The lowest BCUT2D eigenvalue weighted by molar-refractivity contribution is -0.121. The fourth-order valence-electron chi connectivity index (χ4n) is 2.01. The van der Waals surface area contributed by atoms with Gasteiger partial charge >= 0.3 is 0 Å². The van der Waals surface area contributed by atoms with E-state index in [-0.39, 0.29) is 18.6 Å². The summed E-state index contributed by atoms with van der Waals surface area (Å²) in [6, 6.07) is 7.75. The molecule has 0 aliphatic rings. The number of carbonyl (C=O) groups excluding carboxylic acids is 1. The lowest BCUT2D eigenvalue weighted by Crippen LogP contribution is -2.37. The Balaban J connectivity index is 2.07. The molecular weight excluding hydrogens is 228 g/mol. The number of fused-ring (bicyclic) bond motifs is 1. The molecule has 0 aliphatic carbocycles. The third-order valence-electron chi connectivity index (χ3n) is 3.10. The molecule has 1 amide bonds. The molecule has 4 nitrogen and oxygen atoms in total. The Morgan fingerprint density at radius 3 is 2.94 bits per heavy atom. The average Bonchev–Trinajstić information content (AvgIpc) is 2.79. The van der Waals surface area contributed by atoms with Gasteiger partial charge in [0.25, 0.3) is 0 Å². The van der Waals surface area contributed by atoms with E-state index in [1.54, 1.807) is 0 Å². The number of aliphatic hydroxyl groups is 1. The molecule has 0 bridgehead atoms. The number of hydrogen-bond donors (Lipinski definition) is 3. The minimum absolute atomic E-state index is 0.0177. The minimum atomic E-state index is -0.150. The van der Waals surface area contributed by atoms with Gasteiger partial charge in [-0.15, -0.1) is 0 Å². The number of aliphatic hydroxyl groups excluding tert-OH is 1. The molecule has 1 atom stereocenters. The van der Waals surface area contributed by atoms with E-state index in [4.69, 9.17) is 5.11 Å². The zero-order valence-electron chi connectivity index (χ0n) is 10.4. The van der Waals surface area contributed by atoms with E-state index in [0.717, 1.165) is 22.9 Å². The summed E-state index contributed by atoms with van der Waals surface area (Å²) in [6.07, 6.45) is 2.93. The van der Waals surface area contributed by atoms with Crippen molar-refractivity contribution in [1.82, 2.24) is 10.3 Å². The first-order valence-electron chi connectivity index (χ1n) is 6.19. The van der Waals surface area contributed by atoms with Gasteiger partial charge in [-0.25, -0.2) is 0 Å². The third kappa shape index (κ3) is 2.71. The van der Waals surface area contributed by atoms with Crippen LogP contribution in [0.15, 0.2) is 30.5 Å². The van der Waals surface area contributed by atoms with Gasteiger partial charge in [-0.2, -0.15) is 0 Å². The summed E-state index contributed by atoms with van der Waals surface area (Å²) >= 11 is 0. The molecule has 2 rings (SSSR count). The molecule has 0 fully saturated rings. The van der Waals surface area contributed by atoms with Gasteiger partial charge in [-0.1, -0.05) is 25.1 Å². The predicted octanol–water partition coefficient (Wildman–Crippen LogP) is 1.60. The summed E-state index contributed by atoms with van der Waals surface area (Å²) in [7, 11) is 0. The number of amides is 1. The fourth-order valence-corrected chi connectivity index (χ4v) is 2.01. The Kier molecular flexibility index (Phi) is 3.99. The fraction of sp³-hybridized carbons (Fsp3) is 0.357. The predicted molar refractivity (Wildman–Crippen MR) is 71.3 cm³/mol. The Labute approximate surface area is 106 Å². The van der Waals surface area contributed by atoms with Crippen molar-refractivity contribution in [3.8, 4) is 0 Å². The largest absolute Gasteiger partial charge is 0.394 e. The minimum Gasteiger partial charge on any atom is -0.394 e. The monoisotopic (exact) mass is 246 g/mol. The van der Waals surface area contributed by atoms with Crippen LogP contribution in [-0.4, -0.2) is 28.6 Å². The summed E-state index contributed by atoms with van der Waals surface area (Å²) < 4.78 is 0. The topological polar surface area (TPSA) is 65.1 Å². The van der Waals surface area contributed by atoms with Crippen molar-refractivity contribution in [3.63, 3.8) is 0 Å². The van der Waals surface area contributed by atoms with Crippen LogP contribution in [-0.2, 0) is 11.2 Å². The first-order valence-corrected chi connectivity index (χ1v) is 6.19. The number of H-pyrrole nitrogens is 1. The molecular formula is C14H18N2O2. The van der Waals surface area contributed by atoms with Gasteiger partial charge in [0.15, 0.2) is 0 Å². The lowest BCUT2D eigenvalue weighted by Gasteiger charge is -2.13. The maximum atomic E-state index is 11.8. The van der Waals surface area contributed by atoms with Gasteiger partial charge in [-0.3, -0.25) is 4.79 Å². The smallest absolute Gasteiger partial charge is 0.224 e. The van der Waals surface area contributed by atoms with Crippen LogP contribution < -0.4 is 5.32 Å². The standard InChI is InChI=1S/C14H18N2O2/c1-2-11(9-17)16-14(18)7-10-8-15-13-6-4-3-5-12(10)13/h3-6,8,11,15,17H,2,7,9H2,1H3,(H,16,18)/t11-/m1/s1. The van der Waals surface area contributed by atoms with Crippen LogP contribution in [0.5, 0.6) is 0 Å². The van der Waals surface area contributed by atoms with E-state index < -0.39 is 0 Å². The zero-order chi connectivity index (χ0) is 13.0. The Bertz CT molecular complexity index is 529. The molecule has 4 heteroatoms. The molecule has 0 spiro atoms. The van der Waals surface area contributed by atoms with E-state index in [1.165, 1.54) is 0 Å². The van der Waals surface area contributed by atoms with Crippen molar-refractivity contribution in [3.05, 3.63) is 36.0 Å². The molecule has 96 valence electrons. The first-order chi connectivity index (χ1) is 8.74. The number of carbonyl (C=O) groups is 1. The van der Waals surface area contributed by atoms with Crippen LogP contribution in [0.2, 0.25) is 0 Å². The molecule has 18 heavy (non-hydrogen) atoms. The summed E-state index contributed by atoms with van der Waals surface area (Å²) in [5.41, 5.74) is 2.02. The Morgan fingerprint density at radius 1 is 1.44 bits per heavy atom. The van der Waals surface area contributed by atoms with Gasteiger partial charge < -0.3 is 15.4 Å². The van der Waals surface area contributed by atoms with Gasteiger partial charge in [0.1, 0.15) is 0 Å². The highest BCUT2D eigenvalue weighted by Gasteiger charge is 2.11.